The highest BCUT2D eigenvalue weighted by Crippen LogP contribution is 2.36. The Labute approximate surface area is 92.2 Å². The highest BCUT2D eigenvalue weighted by Gasteiger charge is 2.28. The van der Waals surface area contributed by atoms with E-state index < -0.39 is 0 Å². The van der Waals surface area contributed by atoms with Gasteiger partial charge in [0.25, 0.3) is 0 Å². The minimum absolute atomic E-state index is 0.355. The maximum Gasteiger partial charge on any atom is 0.0594 e. The van der Waals surface area contributed by atoms with Crippen LogP contribution in [0.1, 0.15) is 33.6 Å². The molecule has 0 spiro atoms. The largest absolute Gasteiger partial charge is 0.377 e. The van der Waals surface area contributed by atoms with Gasteiger partial charge in [-0.1, -0.05) is 0 Å². The van der Waals surface area contributed by atoms with Crippen molar-refractivity contribution in [3.63, 3.8) is 0 Å². The molecule has 14 heavy (non-hydrogen) atoms. The number of thioether (sulfide) groups is 1. The van der Waals surface area contributed by atoms with Gasteiger partial charge >= 0.3 is 0 Å². The van der Waals surface area contributed by atoms with E-state index in [1.807, 2.05) is 0 Å². The minimum atomic E-state index is 0.355. The quantitative estimate of drug-likeness (QED) is 0.690. The normalized spacial score (nSPS) is 27.4. The highest BCUT2D eigenvalue weighted by atomic mass is 32.2. The summed E-state index contributed by atoms with van der Waals surface area (Å²) in [6.07, 6.45) is 3.09. The average Bonchev–Trinajstić information content (AvgIpc) is 2.51. The molecular formula is C11H23NOS. The molecule has 1 saturated heterocycles. The molecule has 1 fully saturated rings. The van der Waals surface area contributed by atoms with Crippen LogP contribution >= 0.6 is 11.8 Å². The van der Waals surface area contributed by atoms with Gasteiger partial charge in [0.05, 0.1) is 12.7 Å². The molecule has 1 rings (SSSR count). The predicted molar refractivity (Wildman–Crippen MR) is 64.1 cm³/mol. The fraction of sp³-hybridized carbons (Fsp3) is 1.00. The van der Waals surface area contributed by atoms with E-state index in [2.05, 4.69) is 37.8 Å². The van der Waals surface area contributed by atoms with Gasteiger partial charge in [-0.15, -0.1) is 0 Å². The zero-order valence-electron chi connectivity index (χ0n) is 9.64. The van der Waals surface area contributed by atoms with Crippen molar-refractivity contribution < 1.29 is 4.74 Å². The van der Waals surface area contributed by atoms with Crippen molar-refractivity contribution in [2.75, 3.05) is 25.4 Å². The van der Waals surface area contributed by atoms with E-state index in [9.17, 15) is 0 Å². The van der Waals surface area contributed by atoms with Crippen molar-refractivity contribution in [1.82, 2.24) is 5.32 Å². The van der Waals surface area contributed by atoms with Crippen molar-refractivity contribution in [2.24, 2.45) is 0 Å². The summed E-state index contributed by atoms with van der Waals surface area (Å²) in [7, 11) is 0. The summed E-state index contributed by atoms with van der Waals surface area (Å²) in [5, 5.41) is 3.48. The smallest absolute Gasteiger partial charge is 0.0594 e. The van der Waals surface area contributed by atoms with Crippen molar-refractivity contribution in [1.29, 1.82) is 0 Å². The summed E-state index contributed by atoms with van der Waals surface area (Å²) in [6.45, 7) is 9.45. The van der Waals surface area contributed by atoms with E-state index in [1.54, 1.807) is 0 Å². The van der Waals surface area contributed by atoms with E-state index in [0.29, 0.717) is 10.9 Å². The van der Waals surface area contributed by atoms with Crippen LogP contribution in [0.15, 0.2) is 0 Å². The first kappa shape index (κ1) is 12.3. The third-order valence-electron chi connectivity index (χ3n) is 2.53. The zero-order chi connectivity index (χ0) is 10.4. The predicted octanol–water partition coefficient (Wildman–Crippen LogP) is 2.29. The van der Waals surface area contributed by atoms with E-state index >= 15 is 0 Å². The van der Waals surface area contributed by atoms with Crippen LogP contribution in [-0.2, 0) is 4.74 Å². The minimum Gasteiger partial charge on any atom is -0.377 e. The van der Waals surface area contributed by atoms with E-state index in [-0.39, 0.29) is 0 Å². The van der Waals surface area contributed by atoms with Crippen LogP contribution in [0.4, 0.5) is 0 Å². The molecule has 1 N–H and O–H groups in total. The Morgan fingerprint density at radius 1 is 1.50 bits per heavy atom. The molecule has 2 nitrogen and oxygen atoms in total. The fourth-order valence-corrected chi connectivity index (χ4v) is 2.97. The monoisotopic (exact) mass is 217 g/mol. The molecule has 0 amide bonds. The first-order valence-corrected chi connectivity index (χ1v) is 6.57. The Morgan fingerprint density at radius 2 is 2.29 bits per heavy atom. The van der Waals surface area contributed by atoms with Crippen molar-refractivity contribution >= 4 is 11.8 Å². The second kappa shape index (κ2) is 5.99. The summed E-state index contributed by atoms with van der Waals surface area (Å²) in [6, 6.07) is 0. The highest BCUT2D eigenvalue weighted by molar-refractivity contribution is 8.00. The van der Waals surface area contributed by atoms with Crippen LogP contribution in [0.2, 0.25) is 0 Å². The van der Waals surface area contributed by atoms with Gasteiger partial charge in [0.15, 0.2) is 0 Å². The number of hydrogen-bond donors (Lipinski definition) is 1. The number of nitrogens with one attached hydrogen (secondary N) is 1. The molecular weight excluding hydrogens is 194 g/mol. The number of rotatable bonds is 6. The van der Waals surface area contributed by atoms with Crippen LogP contribution in [0.25, 0.3) is 0 Å². The molecule has 0 bridgehead atoms. The second-order valence-electron chi connectivity index (χ2n) is 4.50. The molecule has 3 heteroatoms. The second-order valence-corrected chi connectivity index (χ2v) is 6.18. The SMILES string of the molecule is CC(C)OCCNCC1(C)CCCS1. The fourth-order valence-electron chi connectivity index (χ4n) is 1.70. The molecule has 0 aromatic rings. The van der Waals surface area contributed by atoms with Crippen LogP contribution in [-0.4, -0.2) is 36.3 Å². The average molecular weight is 217 g/mol. The maximum atomic E-state index is 5.47. The summed E-state index contributed by atoms with van der Waals surface area (Å²) in [5.41, 5.74) is 0. The standard InChI is InChI=1S/C11H23NOS/c1-10(2)13-7-6-12-9-11(3)5-4-8-14-11/h10,12H,4-9H2,1-3H3. The van der Waals surface area contributed by atoms with Gasteiger partial charge in [-0.2, -0.15) is 11.8 Å². The lowest BCUT2D eigenvalue weighted by Gasteiger charge is -2.23. The number of ether oxygens (including phenoxy) is 1. The van der Waals surface area contributed by atoms with Crippen molar-refractivity contribution in [2.45, 2.75) is 44.5 Å². The van der Waals surface area contributed by atoms with Gasteiger partial charge in [-0.3, -0.25) is 0 Å². The molecule has 84 valence electrons. The lowest BCUT2D eigenvalue weighted by atomic mass is 10.1. The summed E-state index contributed by atoms with van der Waals surface area (Å²) < 4.78 is 5.95. The topological polar surface area (TPSA) is 21.3 Å². The van der Waals surface area contributed by atoms with Gasteiger partial charge < -0.3 is 10.1 Å². The van der Waals surface area contributed by atoms with E-state index in [4.69, 9.17) is 4.74 Å². The van der Waals surface area contributed by atoms with Gasteiger partial charge in [0.1, 0.15) is 0 Å². The Balaban J connectivity index is 1.98. The summed E-state index contributed by atoms with van der Waals surface area (Å²) in [5.74, 6) is 1.33. The Morgan fingerprint density at radius 3 is 2.86 bits per heavy atom. The molecule has 1 aliphatic heterocycles. The maximum absolute atomic E-state index is 5.47. The molecule has 0 radical (unpaired) electrons. The van der Waals surface area contributed by atoms with Gasteiger partial charge in [-0.25, -0.2) is 0 Å². The molecule has 1 aliphatic rings. The van der Waals surface area contributed by atoms with E-state index in [0.717, 1.165) is 19.7 Å². The van der Waals surface area contributed by atoms with Crippen molar-refractivity contribution in [3.05, 3.63) is 0 Å². The van der Waals surface area contributed by atoms with Crippen molar-refractivity contribution in [3.8, 4) is 0 Å². The first-order chi connectivity index (χ1) is 6.62. The van der Waals surface area contributed by atoms with Crippen LogP contribution in [0.5, 0.6) is 0 Å². The van der Waals surface area contributed by atoms with Gasteiger partial charge in [0.2, 0.25) is 0 Å². The summed E-state index contributed by atoms with van der Waals surface area (Å²) in [4.78, 5) is 0. The lowest BCUT2D eigenvalue weighted by Crippen LogP contribution is -2.34. The van der Waals surface area contributed by atoms with Crippen LogP contribution in [0, 0.1) is 0 Å². The third kappa shape index (κ3) is 4.67. The molecule has 1 unspecified atom stereocenters. The Bertz CT molecular complexity index is 155. The summed E-state index contributed by atoms with van der Waals surface area (Å²) >= 11 is 2.11. The van der Waals surface area contributed by atoms with Gasteiger partial charge in [0, 0.05) is 17.8 Å². The molecule has 1 heterocycles. The molecule has 0 aliphatic carbocycles. The first-order valence-electron chi connectivity index (χ1n) is 5.59. The lowest BCUT2D eigenvalue weighted by molar-refractivity contribution is 0.0806. The molecule has 1 atom stereocenters. The zero-order valence-corrected chi connectivity index (χ0v) is 10.5. The Kier molecular flexibility index (Phi) is 5.28. The number of hydrogen-bond acceptors (Lipinski definition) is 3. The van der Waals surface area contributed by atoms with Crippen LogP contribution in [0.3, 0.4) is 0 Å². The third-order valence-corrected chi connectivity index (χ3v) is 4.07. The molecule has 0 aromatic heterocycles. The molecule has 0 saturated carbocycles. The Hall–Kier alpha value is 0.270. The van der Waals surface area contributed by atoms with Crippen LogP contribution < -0.4 is 5.32 Å². The van der Waals surface area contributed by atoms with Gasteiger partial charge in [-0.05, 0) is 39.4 Å². The molecule has 0 aromatic carbocycles. The van der Waals surface area contributed by atoms with E-state index in [1.165, 1.54) is 18.6 Å².